The highest BCUT2D eigenvalue weighted by molar-refractivity contribution is 5.86. The fourth-order valence-electron chi connectivity index (χ4n) is 4.79. The maximum Gasteiger partial charge on any atom is 0.335 e. The third-order valence-electron chi connectivity index (χ3n) is 7.18. The molecule has 44 heavy (non-hydrogen) atoms. The average Bonchev–Trinajstić information content (AvgIpc) is 2.98. The number of rotatable bonds is 7. The quantitative estimate of drug-likeness (QED) is 0.128. The van der Waals surface area contributed by atoms with Gasteiger partial charge in [-0.1, -0.05) is 0 Å². The lowest BCUT2D eigenvalue weighted by Crippen LogP contribution is -2.61. The number of hydrogen-bond donors (Lipinski definition) is 10. The van der Waals surface area contributed by atoms with Crippen molar-refractivity contribution in [2.24, 2.45) is 0 Å². The molecule has 1 aromatic heterocycles. The maximum absolute atomic E-state index is 12.9. The number of aliphatic carboxylic acids is 1. The number of fused-ring (bicyclic) bond motifs is 1. The van der Waals surface area contributed by atoms with Gasteiger partial charge in [0.1, 0.15) is 71.0 Å². The fourth-order valence-corrected chi connectivity index (χ4v) is 4.79. The molecule has 2 aliphatic rings. The van der Waals surface area contributed by atoms with Gasteiger partial charge in [-0.25, -0.2) is 4.79 Å². The van der Waals surface area contributed by atoms with Gasteiger partial charge in [0.25, 0.3) is 0 Å². The first-order valence-corrected chi connectivity index (χ1v) is 13.0. The molecule has 0 amide bonds. The van der Waals surface area contributed by atoms with E-state index >= 15 is 0 Å². The van der Waals surface area contributed by atoms with Crippen LogP contribution in [0.25, 0.3) is 22.3 Å². The fraction of sp³-hybridized carbons (Fsp3) is 0.407. The minimum atomic E-state index is -1.96. The number of carboxylic acid groups (broad SMARTS) is 1. The number of phenolic OH excluding ortho intramolecular Hbond substituents is 2. The van der Waals surface area contributed by atoms with Gasteiger partial charge in [-0.05, 0) is 18.2 Å². The molecule has 10 atom stereocenters. The Kier molecular flexibility index (Phi) is 8.67. The van der Waals surface area contributed by atoms with E-state index < -0.39 is 90.9 Å². The first kappa shape index (κ1) is 31.4. The standard InChI is InChI=1S/C27H28O17/c28-7-16-18(32)19(33)22(36)27(43-16)42-14-3-8(1-2-10(14)29)13-6-12(31)17-11(30)4-9(5-15(17)41-13)40-26-23(37)20(34)21(35)24(44-26)25(38)39/h1-6,16,18-24,26-30,32-37H,7H2,(H,38,39). The summed E-state index contributed by atoms with van der Waals surface area (Å²) in [4.78, 5) is 24.3. The Morgan fingerprint density at radius 1 is 0.773 bits per heavy atom. The van der Waals surface area contributed by atoms with Gasteiger partial charge in [0.2, 0.25) is 12.6 Å². The Bertz CT molecular complexity index is 1590. The SMILES string of the molecule is O=C(O)C1OC(Oc2cc(O)c3c(=O)cc(-c4ccc(O)c(OC5OC(CO)C(O)C(O)C5O)c4)oc3c2)C(O)C(O)C1O. The molecule has 0 radical (unpaired) electrons. The van der Waals surface area contributed by atoms with E-state index in [2.05, 4.69) is 0 Å². The molecule has 10 unspecified atom stereocenters. The molecule has 10 N–H and O–H groups in total. The normalized spacial score (nSPS) is 32.3. The Hall–Kier alpha value is -4.04. The van der Waals surface area contributed by atoms with Crippen molar-refractivity contribution >= 4 is 16.9 Å². The zero-order chi connectivity index (χ0) is 32.0. The number of aromatic hydroxyl groups is 2. The molecular formula is C27H28O17. The molecule has 17 heteroatoms. The number of carbonyl (C=O) groups is 1. The minimum absolute atomic E-state index is 0.125. The lowest BCUT2D eigenvalue weighted by molar-refractivity contribution is -0.277. The second kappa shape index (κ2) is 12.2. The van der Waals surface area contributed by atoms with E-state index in [0.29, 0.717) is 0 Å². The molecule has 0 saturated carbocycles. The van der Waals surface area contributed by atoms with Crippen molar-refractivity contribution in [3.05, 3.63) is 46.6 Å². The Morgan fingerprint density at radius 2 is 1.43 bits per heavy atom. The minimum Gasteiger partial charge on any atom is -0.507 e. The van der Waals surface area contributed by atoms with Crippen LogP contribution in [0, 0.1) is 0 Å². The van der Waals surface area contributed by atoms with Gasteiger partial charge in [-0.2, -0.15) is 0 Å². The van der Waals surface area contributed by atoms with E-state index in [1.165, 1.54) is 12.1 Å². The Balaban J connectivity index is 1.45. The summed E-state index contributed by atoms with van der Waals surface area (Å²) in [5.74, 6) is -3.46. The van der Waals surface area contributed by atoms with Crippen LogP contribution >= 0.6 is 0 Å². The van der Waals surface area contributed by atoms with Crippen LogP contribution < -0.4 is 14.9 Å². The van der Waals surface area contributed by atoms with Crippen molar-refractivity contribution in [1.29, 1.82) is 0 Å². The smallest absolute Gasteiger partial charge is 0.335 e. The summed E-state index contributed by atoms with van der Waals surface area (Å²) in [6.45, 7) is -0.716. The number of carboxylic acids is 1. The molecule has 2 aliphatic heterocycles. The summed E-state index contributed by atoms with van der Waals surface area (Å²) in [5.41, 5.74) is -0.861. The van der Waals surface area contributed by atoms with Crippen LogP contribution in [-0.2, 0) is 14.3 Å². The number of phenols is 2. The van der Waals surface area contributed by atoms with Crippen molar-refractivity contribution in [2.45, 2.75) is 61.4 Å². The van der Waals surface area contributed by atoms with Crippen molar-refractivity contribution in [3.63, 3.8) is 0 Å². The highest BCUT2D eigenvalue weighted by Crippen LogP contribution is 2.37. The van der Waals surface area contributed by atoms with Crippen LogP contribution in [0.4, 0.5) is 0 Å². The predicted octanol–water partition coefficient (Wildman–Crippen LogP) is -2.68. The molecule has 3 aromatic rings. The summed E-state index contributed by atoms with van der Waals surface area (Å²) >= 11 is 0. The van der Waals surface area contributed by atoms with Crippen molar-refractivity contribution in [1.82, 2.24) is 0 Å². The third kappa shape index (κ3) is 5.75. The van der Waals surface area contributed by atoms with Gasteiger partial charge < -0.3 is 74.4 Å². The number of ether oxygens (including phenoxy) is 4. The number of benzene rings is 2. The Labute approximate surface area is 245 Å². The lowest BCUT2D eigenvalue weighted by atomic mass is 9.99. The van der Waals surface area contributed by atoms with Crippen LogP contribution in [0.15, 0.2) is 45.6 Å². The highest BCUT2D eigenvalue weighted by Gasteiger charge is 2.48. The Morgan fingerprint density at radius 3 is 2.09 bits per heavy atom. The summed E-state index contributed by atoms with van der Waals surface area (Å²) in [6, 6.07) is 6.73. The van der Waals surface area contributed by atoms with E-state index in [1.54, 1.807) is 0 Å². The number of aliphatic hydroxyl groups is 7. The molecule has 5 rings (SSSR count). The molecule has 2 aromatic carbocycles. The zero-order valence-electron chi connectivity index (χ0n) is 22.3. The van der Waals surface area contributed by atoms with E-state index in [0.717, 1.165) is 24.3 Å². The molecule has 0 aliphatic carbocycles. The van der Waals surface area contributed by atoms with E-state index in [4.69, 9.17) is 23.4 Å². The largest absolute Gasteiger partial charge is 0.507 e. The summed E-state index contributed by atoms with van der Waals surface area (Å²) in [7, 11) is 0. The van der Waals surface area contributed by atoms with Gasteiger partial charge in [0.05, 0.1) is 6.61 Å². The molecule has 2 fully saturated rings. The average molecular weight is 625 g/mol. The lowest BCUT2D eigenvalue weighted by Gasteiger charge is -2.39. The summed E-state index contributed by atoms with van der Waals surface area (Å²) in [6.07, 6.45) is -17.7. The molecule has 238 valence electrons. The second-order valence-electron chi connectivity index (χ2n) is 10.1. The van der Waals surface area contributed by atoms with Crippen LogP contribution in [0.5, 0.6) is 23.0 Å². The van der Waals surface area contributed by atoms with Crippen molar-refractivity contribution in [3.8, 4) is 34.3 Å². The molecule has 17 nitrogen and oxygen atoms in total. The van der Waals surface area contributed by atoms with Crippen LogP contribution in [0.3, 0.4) is 0 Å². The van der Waals surface area contributed by atoms with Gasteiger partial charge in [0, 0.05) is 23.8 Å². The zero-order valence-corrected chi connectivity index (χ0v) is 22.3. The molecule has 2 saturated heterocycles. The van der Waals surface area contributed by atoms with Gasteiger partial charge in [-0.15, -0.1) is 0 Å². The molecule has 0 spiro atoms. The monoisotopic (exact) mass is 624 g/mol. The maximum atomic E-state index is 12.9. The summed E-state index contributed by atoms with van der Waals surface area (Å²) in [5, 5.41) is 99.6. The molecule has 0 bridgehead atoms. The second-order valence-corrected chi connectivity index (χ2v) is 10.1. The first-order chi connectivity index (χ1) is 20.8. The molecular weight excluding hydrogens is 596 g/mol. The first-order valence-electron chi connectivity index (χ1n) is 13.0. The number of aliphatic hydroxyl groups excluding tert-OH is 7. The topological polar surface area (TPSA) is 286 Å². The number of hydrogen-bond acceptors (Lipinski definition) is 16. The van der Waals surface area contributed by atoms with Crippen LogP contribution in [0.1, 0.15) is 0 Å². The van der Waals surface area contributed by atoms with Crippen molar-refractivity contribution in [2.75, 3.05) is 6.61 Å². The van der Waals surface area contributed by atoms with E-state index in [1.807, 2.05) is 0 Å². The van der Waals surface area contributed by atoms with E-state index in [9.17, 15) is 60.7 Å². The third-order valence-corrected chi connectivity index (χ3v) is 7.18. The summed E-state index contributed by atoms with van der Waals surface area (Å²) < 4.78 is 27.1. The van der Waals surface area contributed by atoms with Gasteiger partial charge >= 0.3 is 5.97 Å². The van der Waals surface area contributed by atoms with E-state index in [-0.39, 0.29) is 33.8 Å². The van der Waals surface area contributed by atoms with Crippen molar-refractivity contribution < 1.29 is 79.2 Å². The van der Waals surface area contributed by atoms with Crippen LogP contribution in [-0.4, -0.2) is 125 Å². The van der Waals surface area contributed by atoms with Crippen LogP contribution in [0.2, 0.25) is 0 Å². The predicted molar refractivity (Wildman–Crippen MR) is 141 cm³/mol. The van der Waals surface area contributed by atoms with Gasteiger partial charge in [-0.3, -0.25) is 4.79 Å². The van der Waals surface area contributed by atoms with Gasteiger partial charge in [0.15, 0.2) is 23.0 Å². The highest BCUT2D eigenvalue weighted by atomic mass is 16.7. The molecule has 3 heterocycles.